The third kappa shape index (κ3) is 4.50. The van der Waals surface area contributed by atoms with E-state index >= 15 is 0 Å². The third-order valence-electron chi connectivity index (χ3n) is 7.80. The SMILES string of the molecule is [2H]c1c([2H])c([2H])c(-c2c([2H])c([2H])c(N(c3c([2H])c([2H])c4c([2H])c([2H])c5c6c([2H])c([2H])c([2H])c([2H])c6c([2H])c([2H])c5c4c3[2H])c3c([2H])c([2H])c([2H])c4c5c([2H])c([2H])c([2H])c([2H])c5n(-c5c([2H])c([2H])c([2H])c([2H])c5[2H])c34)c([2H])c2[2H])c([2H])c1[2H]. The van der Waals surface area contributed by atoms with Gasteiger partial charge in [0.1, 0.15) is 0 Å². The van der Waals surface area contributed by atoms with Crippen LogP contribution >= 0.6 is 0 Å². The first kappa shape index (κ1) is 10.9. The lowest BCUT2D eigenvalue weighted by molar-refractivity contribution is 1.17. The fraction of sp³-hybridized carbons (Fsp3) is 0. The minimum absolute atomic E-state index is 0.361. The van der Waals surface area contributed by atoms with Gasteiger partial charge < -0.3 is 9.47 Å². The first-order valence-corrected chi connectivity index (χ1v) is 14.6. The van der Waals surface area contributed by atoms with Crippen LogP contribution in [0.4, 0.5) is 17.1 Å². The second-order valence-corrected chi connectivity index (χ2v) is 10.5. The Morgan fingerprint density at radius 3 is 1.76 bits per heavy atom. The van der Waals surface area contributed by atoms with Crippen LogP contribution < -0.4 is 4.90 Å². The second-order valence-electron chi connectivity index (χ2n) is 10.5. The number of hydrogen-bond donors (Lipinski definition) is 0. The molecule has 0 fully saturated rings. The summed E-state index contributed by atoms with van der Waals surface area (Å²) in [5, 5.41) is -5.73. The molecule has 0 bridgehead atoms. The summed E-state index contributed by atoms with van der Waals surface area (Å²) < 4.78 is 291. The fourth-order valence-corrected chi connectivity index (χ4v) is 5.68. The molecule has 0 saturated heterocycles. The number of benzene rings is 9. The van der Waals surface area contributed by atoms with Gasteiger partial charge in [0.05, 0.1) is 60.6 Å². The molecule has 234 valence electrons. The van der Waals surface area contributed by atoms with Gasteiger partial charge >= 0.3 is 0 Å². The van der Waals surface area contributed by atoms with Gasteiger partial charge in [-0.2, -0.15) is 0 Å². The molecule has 10 aromatic rings. The quantitative estimate of drug-likeness (QED) is 0.166. The molecule has 0 aliphatic rings. The zero-order valence-electron chi connectivity index (χ0n) is 56.9. The Bertz CT molecular complexity index is 4630. The molecule has 0 N–H and O–H groups in total. The van der Waals surface area contributed by atoms with Crippen molar-refractivity contribution in [3.05, 3.63) is 193 Å². The van der Waals surface area contributed by atoms with Crippen molar-refractivity contribution < 1.29 is 43.9 Å². The zero-order valence-corrected chi connectivity index (χ0v) is 24.9. The van der Waals surface area contributed by atoms with E-state index in [0.717, 1.165) is 0 Å². The van der Waals surface area contributed by atoms with Crippen molar-refractivity contribution in [1.29, 1.82) is 0 Å². The lowest BCUT2D eigenvalue weighted by Gasteiger charge is -2.28. The average molecular weight is 669 g/mol. The molecule has 9 aromatic carbocycles. The number of hydrogen-bond acceptors (Lipinski definition) is 1. The predicted octanol–water partition coefficient (Wildman–Crippen LogP) is 13.4. The minimum Gasteiger partial charge on any atom is -0.308 e. The van der Waals surface area contributed by atoms with Crippen LogP contribution in [-0.2, 0) is 0 Å². The van der Waals surface area contributed by atoms with Crippen molar-refractivity contribution in [3.63, 3.8) is 0 Å². The monoisotopic (exact) mass is 668 g/mol. The molecule has 2 nitrogen and oxygen atoms in total. The van der Waals surface area contributed by atoms with E-state index in [-0.39, 0.29) is 0 Å². The predicted molar refractivity (Wildman–Crippen MR) is 213 cm³/mol. The molecule has 0 amide bonds. The van der Waals surface area contributed by atoms with Crippen molar-refractivity contribution in [1.82, 2.24) is 4.57 Å². The van der Waals surface area contributed by atoms with Gasteiger partial charge in [-0.1, -0.05) is 145 Å². The maximum absolute atomic E-state index is 10.2. The molecule has 0 spiro atoms. The Kier molecular flexibility index (Phi) is 2.52. The second kappa shape index (κ2) is 11.5. The molecule has 0 aliphatic heterocycles. The first-order valence-electron chi connectivity index (χ1n) is 30.6. The molecule has 1 aromatic heterocycles. The van der Waals surface area contributed by atoms with E-state index in [1.165, 1.54) is 0 Å². The molecule has 0 saturated carbocycles. The van der Waals surface area contributed by atoms with Gasteiger partial charge in [-0.3, -0.25) is 0 Å². The zero-order chi connectivity index (χ0) is 60.9. The van der Waals surface area contributed by atoms with Gasteiger partial charge in [-0.05, 0) is 91.8 Å². The van der Waals surface area contributed by atoms with E-state index in [9.17, 15) is 23.3 Å². The molecule has 2 heteroatoms. The molecule has 10 rings (SSSR count). The van der Waals surface area contributed by atoms with Crippen LogP contribution in [0, 0.1) is 0 Å². The van der Waals surface area contributed by atoms with Gasteiger partial charge in [-0.25, -0.2) is 0 Å². The Hall–Kier alpha value is -6.64. The Labute approximate surface area is 335 Å². The summed E-state index contributed by atoms with van der Waals surface area (Å²) in [6, 6.07) is -33.9. The normalized spacial score (nSPS) is 20.6. The van der Waals surface area contributed by atoms with Gasteiger partial charge in [-0.15, -0.1) is 0 Å². The molecule has 0 radical (unpaired) electrons. The van der Waals surface area contributed by atoms with E-state index in [0.29, 0.717) is 9.47 Å². The number of anilines is 3. The highest BCUT2D eigenvalue weighted by atomic mass is 15.2. The van der Waals surface area contributed by atoms with Crippen LogP contribution in [0.1, 0.15) is 43.9 Å². The van der Waals surface area contributed by atoms with E-state index in [2.05, 4.69) is 0 Å². The lowest BCUT2D eigenvalue weighted by atomic mass is 9.96. The van der Waals surface area contributed by atoms with Crippen LogP contribution in [-0.4, -0.2) is 4.57 Å². The first-order chi connectivity index (χ1) is 38.1. The number of nitrogens with zero attached hydrogens (tertiary/aromatic N) is 2. The van der Waals surface area contributed by atoms with Crippen molar-refractivity contribution in [2.75, 3.05) is 4.90 Å². The van der Waals surface area contributed by atoms with Crippen LogP contribution in [0.5, 0.6) is 0 Å². The topological polar surface area (TPSA) is 8.17 Å². The van der Waals surface area contributed by atoms with Gasteiger partial charge in [0.15, 0.2) is 0 Å². The molecule has 0 atom stereocenters. The number of aromatic nitrogens is 1. The molecular formula is C48H32N2. The van der Waals surface area contributed by atoms with E-state index in [1.807, 2.05) is 0 Å². The standard InChI is InChI=1S/C48H32N2/c1-3-12-33(13-4-1)34-22-27-38(28-23-34)49(39-29-24-36-26-30-41-40-17-8-7-14-35(40)25-31-42(41)45(36)32-39)47-21-11-19-44-43-18-9-10-20-46(43)50(48(44)47)37-15-5-2-6-16-37/h1-32H/i1D,2D,3D,4D,5D,6D,7D,8D,9D,10D,11D,12D,13D,14D,15D,16D,17D,18D,19D,20D,21D,22D,23D,24D,25D,26D,27D,28D,29D,30D,31D,32D. The van der Waals surface area contributed by atoms with Gasteiger partial charge in [0.2, 0.25) is 0 Å². The summed E-state index contributed by atoms with van der Waals surface area (Å²) in [6.07, 6.45) is 0. The van der Waals surface area contributed by atoms with Crippen molar-refractivity contribution >= 4 is 71.2 Å². The maximum Gasteiger partial charge on any atom is 0.0782 e. The van der Waals surface area contributed by atoms with Crippen LogP contribution in [0.15, 0.2) is 193 Å². The number of rotatable bonds is 5. The molecule has 1 heterocycles. The average Bonchev–Trinajstić information content (AvgIpc) is 2.05. The summed E-state index contributed by atoms with van der Waals surface area (Å²) in [5.74, 6) is 0. The highest BCUT2D eigenvalue weighted by molar-refractivity contribution is 6.18. The van der Waals surface area contributed by atoms with Crippen LogP contribution in [0.25, 0.3) is 70.9 Å². The van der Waals surface area contributed by atoms with Crippen LogP contribution in [0.3, 0.4) is 0 Å². The third-order valence-corrected chi connectivity index (χ3v) is 7.80. The fourth-order valence-electron chi connectivity index (χ4n) is 5.68. The molecule has 0 aliphatic carbocycles. The van der Waals surface area contributed by atoms with Crippen LogP contribution in [0.2, 0.25) is 0 Å². The summed E-state index contributed by atoms with van der Waals surface area (Å²) in [4.78, 5) is 0.361. The smallest absolute Gasteiger partial charge is 0.0782 e. The van der Waals surface area contributed by atoms with E-state index < -0.39 is 281 Å². The van der Waals surface area contributed by atoms with Crippen molar-refractivity contribution in [2.24, 2.45) is 0 Å². The number of para-hydroxylation sites is 3. The van der Waals surface area contributed by atoms with Gasteiger partial charge in [0.25, 0.3) is 0 Å². The highest BCUT2D eigenvalue weighted by Crippen LogP contribution is 2.45. The van der Waals surface area contributed by atoms with Crippen molar-refractivity contribution in [2.45, 2.75) is 0 Å². The van der Waals surface area contributed by atoms with Crippen molar-refractivity contribution in [3.8, 4) is 16.8 Å². The van der Waals surface area contributed by atoms with E-state index in [4.69, 9.17) is 20.6 Å². The summed E-state index contributed by atoms with van der Waals surface area (Å²) >= 11 is 0. The molecular weight excluding hydrogens is 605 g/mol. The van der Waals surface area contributed by atoms with E-state index in [1.54, 1.807) is 0 Å². The largest absolute Gasteiger partial charge is 0.308 e. The minimum atomic E-state index is -1.33. The Balaban J connectivity index is 1.57. The highest BCUT2D eigenvalue weighted by Gasteiger charge is 2.22. The summed E-state index contributed by atoms with van der Waals surface area (Å²) in [7, 11) is 0. The maximum atomic E-state index is 10.2. The lowest BCUT2D eigenvalue weighted by Crippen LogP contribution is -2.11. The number of fused-ring (bicyclic) bond motifs is 8. The summed E-state index contributed by atoms with van der Waals surface area (Å²) in [5.41, 5.74) is -8.09. The molecule has 0 unspecified atom stereocenters. The Morgan fingerprint density at radius 1 is 0.380 bits per heavy atom. The molecule has 50 heavy (non-hydrogen) atoms. The van der Waals surface area contributed by atoms with Gasteiger partial charge in [0, 0.05) is 27.8 Å². The summed E-state index contributed by atoms with van der Waals surface area (Å²) in [6.45, 7) is 0. The Morgan fingerprint density at radius 2 is 0.960 bits per heavy atom.